The van der Waals surface area contributed by atoms with Gasteiger partial charge < -0.3 is 9.30 Å². The van der Waals surface area contributed by atoms with Crippen molar-refractivity contribution >= 4 is 22.9 Å². The van der Waals surface area contributed by atoms with Crippen molar-refractivity contribution in [2.24, 2.45) is 0 Å². The van der Waals surface area contributed by atoms with Gasteiger partial charge >= 0.3 is 5.97 Å². The third kappa shape index (κ3) is 3.09. The molecule has 0 saturated heterocycles. The van der Waals surface area contributed by atoms with Gasteiger partial charge in [-0.3, -0.25) is 0 Å². The van der Waals surface area contributed by atoms with E-state index in [0.29, 0.717) is 0 Å². The number of nitrogens with zero attached hydrogens (tertiary/aromatic N) is 1. The Morgan fingerprint density at radius 3 is 2.73 bits per heavy atom. The summed E-state index contributed by atoms with van der Waals surface area (Å²) >= 11 is 0. The molecule has 3 rings (SSSR count). The van der Waals surface area contributed by atoms with E-state index in [0.717, 1.165) is 17.5 Å². The molecule has 0 spiro atoms. The topological polar surface area (TPSA) is 31.2 Å². The molecule has 1 aromatic heterocycles. The maximum absolute atomic E-state index is 11.1. The minimum Gasteiger partial charge on any atom is -0.466 e. The molecule has 1 heterocycles. The Balaban J connectivity index is 1.86. The number of hydrogen-bond donors (Lipinski definition) is 0. The molecule has 0 aliphatic rings. The quantitative estimate of drug-likeness (QED) is 0.539. The van der Waals surface area contributed by atoms with Gasteiger partial charge in [0.2, 0.25) is 0 Å². The van der Waals surface area contributed by atoms with Crippen LogP contribution in [0.4, 0.5) is 0 Å². The third-order valence-electron chi connectivity index (χ3n) is 3.60. The summed E-state index contributed by atoms with van der Waals surface area (Å²) in [5, 5.41) is 1.16. The van der Waals surface area contributed by atoms with E-state index in [4.69, 9.17) is 0 Å². The standard InChI is InChI=1S/C19H17NO2/c1-22-19(21)10-8-15-7-9-18-17(13-15)11-12-20(18)14-16-5-3-2-4-6-16/h2-13H,14H2,1H3/b10-8+. The zero-order chi connectivity index (χ0) is 15.4. The molecule has 0 saturated carbocycles. The molecule has 2 aromatic carbocycles. The predicted molar refractivity (Wildman–Crippen MR) is 88.5 cm³/mol. The molecule has 0 atom stereocenters. The minimum atomic E-state index is -0.346. The molecule has 0 unspecified atom stereocenters. The molecule has 0 fully saturated rings. The molecule has 0 N–H and O–H groups in total. The van der Waals surface area contributed by atoms with Gasteiger partial charge in [-0.2, -0.15) is 0 Å². The second-order valence-electron chi connectivity index (χ2n) is 5.10. The van der Waals surface area contributed by atoms with Gasteiger partial charge in [0.25, 0.3) is 0 Å². The van der Waals surface area contributed by atoms with Crippen molar-refractivity contribution in [3.63, 3.8) is 0 Å². The third-order valence-corrected chi connectivity index (χ3v) is 3.60. The minimum absolute atomic E-state index is 0.346. The normalized spacial score (nSPS) is 11.1. The Bertz CT molecular complexity index is 816. The summed E-state index contributed by atoms with van der Waals surface area (Å²) in [6, 6.07) is 18.6. The first kappa shape index (κ1) is 14.1. The Morgan fingerprint density at radius 2 is 1.95 bits per heavy atom. The van der Waals surface area contributed by atoms with Crippen molar-refractivity contribution in [2.45, 2.75) is 6.54 Å². The van der Waals surface area contributed by atoms with Crippen LogP contribution >= 0.6 is 0 Å². The van der Waals surface area contributed by atoms with Crippen molar-refractivity contribution in [1.29, 1.82) is 0 Å². The monoisotopic (exact) mass is 291 g/mol. The molecule has 3 aromatic rings. The van der Waals surface area contributed by atoms with Crippen LogP contribution in [0.5, 0.6) is 0 Å². The summed E-state index contributed by atoms with van der Waals surface area (Å²) < 4.78 is 6.82. The summed E-state index contributed by atoms with van der Waals surface area (Å²) in [5.41, 5.74) is 3.43. The lowest BCUT2D eigenvalue weighted by atomic mass is 10.1. The molecule has 110 valence electrons. The van der Waals surface area contributed by atoms with Crippen LogP contribution in [0.2, 0.25) is 0 Å². The van der Waals surface area contributed by atoms with Gasteiger partial charge in [-0.15, -0.1) is 0 Å². The Kier molecular flexibility index (Phi) is 4.05. The molecule has 0 aliphatic carbocycles. The molecule has 0 radical (unpaired) electrons. The fraction of sp³-hybridized carbons (Fsp3) is 0.105. The summed E-state index contributed by atoms with van der Waals surface area (Å²) in [6.07, 6.45) is 5.29. The van der Waals surface area contributed by atoms with Crippen molar-refractivity contribution < 1.29 is 9.53 Å². The summed E-state index contributed by atoms with van der Waals surface area (Å²) in [5.74, 6) is -0.346. The lowest BCUT2D eigenvalue weighted by Crippen LogP contribution is -1.97. The van der Waals surface area contributed by atoms with E-state index >= 15 is 0 Å². The summed E-state index contributed by atoms with van der Waals surface area (Å²) in [6.45, 7) is 0.849. The van der Waals surface area contributed by atoms with E-state index < -0.39 is 0 Å². The van der Waals surface area contributed by atoms with Gasteiger partial charge in [-0.1, -0.05) is 36.4 Å². The van der Waals surface area contributed by atoms with E-state index in [2.05, 4.69) is 58.0 Å². The summed E-state index contributed by atoms with van der Waals surface area (Å²) in [4.78, 5) is 11.1. The maximum Gasteiger partial charge on any atom is 0.330 e. The average molecular weight is 291 g/mol. The lowest BCUT2D eigenvalue weighted by molar-refractivity contribution is -0.134. The van der Waals surface area contributed by atoms with E-state index in [1.54, 1.807) is 6.08 Å². The fourth-order valence-electron chi connectivity index (χ4n) is 2.47. The Hall–Kier alpha value is -2.81. The molecular weight excluding hydrogens is 274 g/mol. The van der Waals surface area contributed by atoms with Crippen LogP contribution in [0.3, 0.4) is 0 Å². The van der Waals surface area contributed by atoms with Crippen LogP contribution in [0.1, 0.15) is 11.1 Å². The largest absolute Gasteiger partial charge is 0.466 e. The number of carbonyl (C=O) groups is 1. The van der Waals surface area contributed by atoms with Crippen LogP contribution < -0.4 is 0 Å². The van der Waals surface area contributed by atoms with Crippen LogP contribution in [0.25, 0.3) is 17.0 Å². The van der Waals surface area contributed by atoms with Gasteiger partial charge in [0, 0.05) is 29.7 Å². The molecular formula is C19H17NO2. The molecule has 22 heavy (non-hydrogen) atoms. The fourth-order valence-corrected chi connectivity index (χ4v) is 2.47. The smallest absolute Gasteiger partial charge is 0.330 e. The van der Waals surface area contributed by atoms with Crippen LogP contribution in [0.15, 0.2) is 66.9 Å². The molecule has 3 nitrogen and oxygen atoms in total. The van der Waals surface area contributed by atoms with Gasteiger partial charge in [0.15, 0.2) is 0 Å². The van der Waals surface area contributed by atoms with Crippen molar-refractivity contribution in [3.8, 4) is 0 Å². The van der Waals surface area contributed by atoms with Crippen molar-refractivity contribution in [3.05, 3.63) is 78.0 Å². The number of ether oxygens (including phenoxy) is 1. The number of fused-ring (bicyclic) bond motifs is 1. The highest BCUT2D eigenvalue weighted by Gasteiger charge is 2.02. The Morgan fingerprint density at radius 1 is 1.14 bits per heavy atom. The highest BCUT2D eigenvalue weighted by atomic mass is 16.5. The number of hydrogen-bond acceptors (Lipinski definition) is 2. The number of methoxy groups -OCH3 is 1. The van der Waals surface area contributed by atoms with Crippen molar-refractivity contribution in [1.82, 2.24) is 4.57 Å². The predicted octanol–water partition coefficient (Wildman–Crippen LogP) is 3.88. The first-order chi connectivity index (χ1) is 10.8. The van der Waals surface area contributed by atoms with Gasteiger partial charge in [0.05, 0.1) is 7.11 Å². The first-order valence-corrected chi connectivity index (χ1v) is 7.15. The molecule has 0 aliphatic heterocycles. The summed E-state index contributed by atoms with van der Waals surface area (Å²) in [7, 11) is 1.37. The number of aromatic nitrogens is 1. The number of esters is 1. The molecule has 0 bridgehead atoms. The molecule has 3 heteroatoms. The number of benzene rings is 2. The zero-order valence-corrected chi connectivity index (χ0v) is 12.4. The number of rotatable bonds is 4. The second kappa shape index (κ2) is 6.31. The highest BCUT2D eigenvalue weighted by Crippen LogP contribution is 2.19. The van der Waals surface area contributed by atoms with E-state index in [1.807, 2.05) is 12.1 Å². The van der Waals surface area contributed by atoms with Gasteiger partial charge in [-0.25, -0.2) is 4.79 Å². The lowest BCUT2D eigenvalue weighted by Gasteiger charge is -2.06. The SMILES string of the molecule is COC(=O)/C=C/c1ccc2c(ccn2Cc2ccccc2)c1. The van der Waals surface area contributed by atoms with Crippen LogP contribution in [-0.2, 0) is 16.1 Å². The number of carbonyl (C=O) groups excluding carboxylic acids is 1. The van der Waals surface area contributed by atoms with Crippen molar-refractivity contribution in [2.75, 3.05) is 7.11 Å². The second-order valence-corrected chi connectivity index (χ2v) is 5.10. The first-order valence-electron chi connectivity index (χ1n) is 7.15. The van der Waals surface area contributed by atoms with E-state index in [1.165, 1.54) is 24.3 Å². The Labute approximate surface area is 129 Å². The molecule has 0 amide bonds. The van der Waals surface area contributed by atoms with Crippen LogP contribution in [-0.4, -0.2) is 17.6 Å². The highest BCUT2D eigenvalue weighted by molar-refractivity contribution is 5.89. The van der Waals surface area contributed by atoms with Gasteiger partial charge in [0.1, 0.15) is 0 Å². The maximum atomic E-state index is 11.1. The zero-order valence-electron chi connectivity index (χ0n) is 12.4. The van der Waals surface area contributed by atoms with E-state index in [-0.39, 0.29) is 5.97 Å². The van der Waals surface area contributed by atoms with Gasteiger partial charge in [-0.05, 0) is 35.4 Å². The van der Waals surface area contributed by atoms with Crippen LogP contribution in [0, 0.1) is 0 Å². The van der Waals surface area contributed by atoms with E-state index in [9.17, 15) is 4.79 Å². The average Bonchev–Trinajstić information content (AvgIpc) is 2.96.